The van der Waals surface area contributed by atoms with Crippen LogP contribution in [0.2, 0.25) is 5.15 Å². The lowest BCUT2D eigenvalue weighted by atomic mass is 10.3. The molecule has 2 aromatic heterocycles. The second kappa shape index (κ2) is 4.40. The predicted octanol–water partition coefficient (Wildman–Crippen LogP) is 2.23. The molecule has 6 heteroatoms. The zero-order valence-corrected chi connectivity index (χ0v) is 9.45. The van der Waals surface area contributed by atoms with Crippen molar-refractivity contribution in [3.8, 4) is 0 Å². The van der Waals surface area contributed by atoms with Crippen LogP contribution in [0.3, 0.4) is 0 Å². The third-order valence-corrected chi connectivity index (χ3v) is 2.13. The van der Waals surface area contributed by atoms with Gasteiger partial charge >= 0.3 is 0 Å². The maximum atomic E-state index is 5.77. The molecule has 2 rings (SSSR count). The summed E-state index contributed by atoms with van der Waals surface area (Å²) in [5, 5.41) is 7.18. The van der Waals surface area contributed by atoms with Crippen molar-refractivity contribution in [3.05, 3.63) is 34.8 Å². The minimum Gasteiger partial charge on any atom is -0.399 e. The minimum absolute atomic E-state index is 0.358. The van der Waals surface area contributed by atoms with Gasteiger partial charge < -0.3 is 15.6 Å². The number of aromatic nitrogens is 2. The summed E-state index contributed by atoms with van der Waals surface area (Å²) in [5.74, 6) is 1.34. The van der Waals surface area contributed by atoms with Crippen LogP contribution in [-0.2, 0) is 6.54 Å². The number of halogens is 1. The lowest BCUT2D eigenvalue weighted by Gasteiger charge is -2.04. The van der Waals surface area contributed by atoms with Crippen molar-refractivity contribution in [1.29, 1.82) is 0 Å². The molecule has 0 atom stereocenters. The van der Waals surface area contributed by atoms with Crippen molar-refractivity contribution in [3.63, 3.8) is 0 Å². The summed E-state index contributed by atoms with van der Waals surface area (Å²) in [6, 6.07) is 5.14. The van der Waals surface area contributed by atoms with Gasteiger partial charge in [0.15, 0.2) is 5.76 Å². The number of pyridine rings is 1. The van der Waals surface area contributed by atoms with Gasteiger partial charge in [0, 0.05) is 17.8 Å². The number of hydrogen-bond acceptors (Lipinski definition) is 5. The second-order valence-electron chi connectivity index (χ2n) is 3.40. The molecule has 0 bridgehead atoms. The van der Waals surface area contributed by atoms with E-state index in [-0.39, 0.29) is 0 Å². The van der Waals surface area contributed by atoms with Crippen LogP contribution in [0.25, 0.3) is 0 Å². The van der Waals surface area contributed by atoms with Crippen LogP contribution in [0.1, 0.15) is 11.5 Å². The van der Waals surface area contributed by atoms with E-state index in [1.807, 2.05) is 13.0 Å². The van der Waals surface area contributed by atoms with E-state index in [0.29, 0.717) is 23.2 Å². The fraction of sp³-hybridized carbons (Fsp3) is 0.200. The highest BCUT2D eigenvalue weighted by Gasteiger charge is 2.02. The van der Waals surface area contributed by atoms with Crippen molar-refractivity contribution in [2.75, 3.05) is 11.1 Å². The molecule has 0 radical (unpaired) electrons. The van der Waals surface area contributed by atoms with E-state index < -0.39 is 0 Å². The molecule has 0 aliphatic heterocycles. The lowest BCUT2D eigenvalue weighted by molar-refractivity contribution is 0.384. The van der Waals surface area contributed by atoms with E-state index >= 15 is 0 Å². The SMILES string of the molecule is Cc1cc(CNc2cc(N)cc(Cl)n2)on1. The zero-order chi connectivity index (χ0) is 11.5. The fourth-order valence-corrected chi connectivity index (χ4v) is 1.50. The summed E-state index contributed by atoms with van der Waals surface area (Å²) in [6.45, 7) is 2.36. The Kier molecular flexibility index (Phi) is 2.96. The average molecular weight is 239 g/mol. The molecule has 0 aliphatic rings. The van der Waals surface area contributed by atoms with Crippen molar-refractivity contribution >= 4 is 23.1 Å². The standard InChI is InChI=1S/C10H11ClN4O/c1-6-2-8(16-15-6)5-13-10-4-7(12)3-9(11)14-10/h2-4H,5H2,1H3,(H3,12,13,14). The Bertz CT molecular complexity index is 477. The van der Waals surface area contributed by atoms with Crippen LogP contribution in [0.15, 0.2) is 22.7 Å². The molecule has 5 nitrogen and oxygen atoms in total. The van der Waals surface area contributed by atoms with Gasteiger partial charge in [0.25, 0.3) is 0 Å². The molecule has 0 amide bonds. The Labute approximate surface area is 97.6 Å². The Morgan fingerprint density at radius 2 is 2.25 bits per heavy atom. The van der Waals surface area contributed by atoms with Crippen LogP contribution < -0.4 is 11.1 Å². The first kappa shape index (κ1) is 10.8. The van der Waals surface area contributed by atoms with E-state index in [1.165, 1.54) is 0 Å². The third-order valence-electron chi connectivity index (χ3n) is 1.94. The molecule has 2 aromatic rings. The lowest BCUT2D eigenvalue weighted by Crippen LogP contribution is -2.01. The number of nitrogens with one attached hydrogen (secondary N) is 1. The summed E-state index contributed by atoms with van der Waals surface area (Å²) in [5.41, 5.74) is 7.04. The first-order valence-electron chi connectivity index (χ1n) is 4.72. The van der Waals surface area contributed by atoms with Crippen molar-refractivity contribution in [2.45, 2.75) is 13.5 Å². The molecular weight excluding hydrogens is 228 g/mol. The molecule has 3 N–H and O–H groups in total. The number of anilines is 2. The molecular formula is C10H11ClN4O. The molecule has 84 valence electrons. The van der Waals surface area contributed by atoms with E-state index in [2.05, 4.69) is 15.5 Å². The van der Waals surface area contributed by atoms with Crippen LogP contribution in [-0.4, -0.2) is 10.1 Å². The van der Waals surface area contributed by atoms with Crippen LogP contribution in [0, 0.1) is 6.92 Å². The molecule has 0 spiro atoms. The van der Waals surface area contributed by atoms with Gasteiger partial charge in [-0.15, -0.1) is 0 Å². The van der Waals surface area contributed by atoms with E-state index in [4.69, 9.17) is 21.9 Å². The highest BCUT2D eigenvalue weighted by atomic mass is 35.5. The molecule has 2 heterocycles. The zero-order valence-electron chi connectivity index (χ0n) is 8.70. The summed E-state index contributed by atoms with van der Waals surface area (Å²) in [4.78, 5) is 4.07. The number of aryl methyl sites for hydroxylation is 1. The summed E-state index contributed by atoms with van der Waals surface area (Å²) in [7, 11) is 0. The van der Waals surface area contributed by atoms with Crippen molar-refractivity contribution < 1.29 is 4.52 Å². The number of nitrogen functional groups attached to an aromatic ring is 1. The smallest absolute Gasteiger partial charge is 0.156 e. The van der Waals surface area contributed by atoms with E-state index in [1.54, 1.807) is 12.1 Å². The van der Waals surface area contributed by atoms with E-state index in [9.17, 15) is 0 Å². The van der Waals surface area contributed by atoms with Gasteiger partial charge in [-0.05, 0) is 13.0 Å². The Balaban J connectivity index is 2.04. The topological polar surface area (TPSA) is 77.0 Å². The average Bonchev–Trinajstić information content (AvgIpc) is 2.60. The van der Waals surface area contributed by atoms with Crippen molar-refractivity contribution in [1.82, 2.24) is 10.1 Å². The molecule has 16 heavy (non-hydrogen) atoms. The monoisotopic (exact) mass is 238 g/mol. The third kappa shape index (κ3) is 2.64. The fourth-order valence-electron chi connectivity index (χ4n) is 1.28. The van der Waals surface area contributed by atoms with E-state index in [0.717, 1.165) is 11.5 Å². The predicted molar refractivity (Wildman–Crippen MR) is 62.2 cm³/mol. The molecule has 0 saturated heterocycles. The van der Waals surface area contributed by atoms with Crippen LogP contribution >= 0.6 is 11.6 Å². The van der Waals surface area contributed by atoms with Gasteiger partial charge in [-0.2, -0.15) is 0 Å². The number of rotatable bonds is 3. The van der Waals surface area contributed by atoms with Gasteiger partial charge in [0.1, 0.15) is 11.0 Å². The summed E-state index contributed by atoms with van der Waals surface area (Å²) in [6.07, 6.45) is 0. The Morgan fingerprint density at radius 3 is 2.88 bits per heavy atom. The van der Waals surface area contributed by atoms with Crippen LogP contribution in [0.4, 0.5) is 11.5 Å². The molecule has 0 fully saturated rings. The number of hydrogen-bond donors (Lipinski definition) is 2. The molecule has 0 saturated carbocycles. The number of nitrogens with two attached hydrogens (primary N) is 1. The molecule has 0 aromatic carbocycles. The van der Waals surface area contributed by atoms with Crippen LogP contribution in [0.5, 0.6) is 0 Å². The highest BCUT2D eigenvalue weighted by molar-refractivity contribution is 6.29. The summed E-state index contributed by atoms with van der Waals surface area (Å²) < 4.78 is 5.04. The maximum Gasteiger partial charge on any atom is 0.156 e. The maximum absolute atomic E-state index is 5.77. The normalized spacial score (nSPS) is 10.4. The van der Waals surface area contributed by atoms with Crippen molar-refractivity contribution in [2.24, 2.45) is 0 Å². The number of nitrogens with zero attached hydrogens (tertiary/aromatic N) is 2. The first-order valence-corrected chi connectivity index (χ1v) is 5.10. The largest absolute Gasteiger partial charge is 0.399 e. The van der Waals surface area contributed by atoms with Gasteiger partial charge in [-0.3, -0.25) is 0 Å². The first-order chi connectivity index (χ1) is 7.63. The van der Waals surface area contributed by atoms with Gasteiger partial charge in [0.2, 0.25) is 0 Å². The quantitative estimate of drug-likeness (QED) is 0.802. The molecule has 0 aliphatic carbocycles. The second-order valence-corrected chi connectivity index (χ2v) is 3.78. The Hall–Kier alpha value is -1.75. The minimum atomic E-state index is 0.358. The Morgan fingerprint density at radius 1 is 1.44 bits per heavy atom. The summed E-state index contributed by atoms with van der Waals surface area (Å²) >= 11 is 5.77. The van der Waals surface area contributed by atoms with Gasteiger partial charge in [-0.25, -0.2) is 4.98 Å². The van der Waals surface area contributed by atoms with Gasteiger partial charge in [-0.1, -0.05) is 16.8 Å². The highest BCUT2D eigenvalue weighted by Crippen LogP contribution is 2.16. The van der Waals surface area contributed by atoms with Gasteiger partial charge in [0.05, 0.1) is 12.2 Å². The molecule has 0 unspecified atom stereocenters.